The average Bonchev–Trinajstić information content (AvgIpc) is 2.51. The molecule has 0 saturated carbocycles. The molecule has 0 amide bonds. The van der Waals surface area contributed by atoms with Gasteiger partial charge >= 0.3 is 0 Å². The van der Waals surface area contributed by atoms with Crippen molar-refractivity contribution in [2.45, 2.75) is 13.0 Å². The van der Waals surface area contributed by atoms with Crippen LogP contribution in [0.2, 0.25) is 0 Å². The van der Waals surface area contributed by atoms with Crippen molar-refractivity contribution in [1.82, 2.24) is 5.32 Å². The molecule has 0 aromatic heterocycles. The molecule has 0 fully saturated rings. The number of ether oxygens (including phenoxy) is 1. The summed E-state index contributed by atoms with van der Waals surface area (Å²) in [5.74, 6) is 0.994. The first-order valence-corrected chi connectivity index (χ1v) is 5.27. The molecule has 1 N–H and O–H groups in total. The van der Waals surface area contributed by atoms with Crippen LogP contribution in [0.25, 0.3) is 0 Å². The maximum atomic E-state index is 5.59. The summed E-state index contributed by atoms with van der Waals surface area (Å²) in [7, 11) is 0. The van der Waals surface area contributed by atoms with E-state index in [2.05, 4.69) is 34.2 Å². The highest BCUT2D eigenvalue weighted by Crippen LogP contribution is 2.37. The van der Waals surface area contributed by atoms with Crippen LogP contribution in [0.15, 0.2) is 22.7 Å². The van der Waals surface area contributed by atoms with Gasteiger partial charge in [0, 0.05) is 5.56 Å². The van der Waals surface area contributed by atoms with Gasteiger partial charge in [-0.2, -0.15) is 0 Å². The summed E-state index contributed by atoms with van der Waals surface area (Å²) in [5, 5.41) is 3.38. The van der Waals surface area contributed by atoms with Crippen molar-refractivity contribution >= 4 is 15.9 Å². The summed E-state index contributed by atoms with van der Waals surface area (Å²) in [6, 6.07) is 6.52. The van der Waals surface area contributed by atoms with Crippen LogP contribution in [0.1, 0.15) is 18.5 Å². The fourth-order valence-corrected chi connectivity index (χ4v) is 2.12. The van der Waals surface area contributed by atoms with Crippen LogP contribution in [-0.2, 0) is 0 Å². The maximum absolute atomic E-state index is 5.59. The highest BCUT2D eigenvalue weighted by molar-refractivity contribution is 9.10. The molecule has 0 radical (unpaired) electrons. The zero-order valence-electron chi connectivity index (χ0n) is 7.51. The van der Waals surface area contributed by atoms with Crippen molar-refractivity contribution in [1.29, 1.82) is 0 Å². The van der Waals surface area contributed by atoms with Crippen LogP contribution in [0.3, 0.4) is 0 Å². The van der Waals surface area contributed by atoms with Crippen LogP contribution in [-0.4, -0.2) is 13.2 Å². The molecule has 1 unspecified atom stereocenters. The molecule has 1 aliphatic heterocycles. The fourth-order valence-electron chi connectivity index (χ4n) is 1.62. The van der Waals surface area contributed by atoms with Gasteiger partial charge in [-0.3, -0.25) is 0 Å². The monoisotopic (exact) mass is 241 g/mol. The van der Waals surface area contributed by atoms with Gasteiger partial charge < -0.3 is 10.1 Å². The smallest absolute Gasteiger partial charge is 0.138 e. The minimum atomic E-state index is 0.359. The SMILES string of the molecule is CCNC1COc2c(Br)cccc21. The summed E-state index contributed by atoms with van der Waals surface area (Å²) in [6.07, 6.45) is 0. The van der Waals surface area contributed by atoms with E-state index < -0.39 is 0 Å². The summed E-state index contributed by atoms with van der Waals surface area (Å²) in [6.45, 7) is 3.82. The van der Waals surface area contributed by atoms with E-state index in [0.29, 0.717) is 6.04 Å². The second kappa shape index (κ2) is 3.68. The number of para-hydroxylation sites is 1. The predicted octanol–water partition coefficient (Wildman–Crippen LogP) is 2.49. The molecule has 0 saturated heterocycles. The normalized spacial score (nSPS) is 19.7. The van der Waals surface area contributed by atoms with Gasteiger partial charge in [-0.15, -0.1) is 0 Å². The molecule has 0 aliphatic carbocycles. The van der Waals surface area contributed by atoms with Gasteiger partial charge in [0.05, 0.1) is 10.5 Å². The van der Waals surface area contributed by atoms with Crippen LogP contribution in [0.4, 0.5) is 0 Å². The minimum Gasteiger partial charge on any atom is -0.490 e. The fraction of sp³-hybridized carbons (Fsp3) is 0.400. The zero-order valence-corrected chi connectivity index (χ0v) is 9.10. The molecule has 3 heteroatoms. The first kappa shape index (κ1) is 9.03. The van der Waals surface area contributed by atoms with Crippen molar-refractivity contribution < 1.29 is 4.74 Å². The predicted molar refractivity (Wildman–Crippen MR) is 56.1 cm³/mol. The molecule has 2 nitrogen and oxygen atoms in total. The molecule has 1 heterocycles. The molecule has 13 heavy (non-hydrogen) atoms. The second-order valence-electron chi connectivity index (χ2n) is 3.08. The Labute approximate surface area is 86.4 Å². The lowest BCUT2D eigenvalue weighted by Gasteiger charge is -2.08. The molecular weight excluding hydrogens is 230 g/mol. The number of benzene rings is 1. The van der Waals surface area contributed by atoms with Crippen LogP contribution >= 0.6 is 15.9 Å². The number of rotatable bonds is 2. The Morgan fingerprint density at radius 3 is 3.23 bits per heavy atom. The Morgan fingerprint density at radius 1 is 1.62 bits per heavy atom. The van der Waals surface area contributed by atoms with E-state index in [0.717, 1.165) is 23.4 Å². The third-order valence-corrected chi connectivity index (χ3v) is 2.84. The van der Waals surface area contributed by atoms with E-state index in [4.69, 9.17) is 4.74 Å². The third-order valence-electron chi connectivity index (χ3n) is 2.22. The lowest BCUT2D eigenvalue weighted by molar-refractivity contribution is 0.312. The Morgan fingerprint density at radius 2 is 2.46 bits per heavy atom. The van der Waals surface area contributed by atoms with Gasteiger partial charge in [0.25, 0.3) is 0 Å². The Kier molecular flexibility index (Phi) is 2.56. The third kappa shape index (κ3) is 1.58. The second-order valence-corrected chi connectivity index (χ2v) is 3.93. The average molecular weight is 242 g/mol. The summed E-state index contributed by atoms with van der Waals surface area (Å²) >= 11 is 3.47. The van der Waals surface area contributed by atoms with Crippen molar-refractivity contribution in [3.63, 3.8) is 0 Å². The Balaban J connectivity index is 2.32. The zero-order chi connectivity index (χ0) is 9.26. The largest absolute Gasteiger partial charge is 0.490 e. The highest BCUT2D eigenvalue weighted by Gasteiger charge is 2.24. The molecule has 70 valence electrons. The van der Waals surface area contributed by atoms with Crippen LogP contribution in [0.5, 0.6) is 5.75 Å². The number of hydrogen-bond donors (Lipinski definition) is 1. The lowest BCUT2D eigenvalue weighted by Crippen LogP contribution is -2.21. The summed E-state index contributed by atoms with van der Waals surface area (Å²) in [4.78, 5) is 0. The summed E-state index contributed by atoms with van der Waals surface area (Å²) < 4.78 is 6.63. The van der Waals surface area contributed by atoms with E-state index in [1.807, 2.05) is 12.1 Å². The molecule has 0 bridgehead atoms. The minimum absolute atomic E-state index is 0.359. The van der Waals surface area contributed by atoms with Gasteiger partial charge in [-0.25, -0.2) is 0 Å². The maximum Gasteiger partial charge on any atom is 0.138 e. The molecule has 0 spiro atoms. The number of hydrogen-bond acceptors (Lipinski definition) is 2. The van der Waals surface area contributed by atoms with Gasteiger partial charge in [-0.05, 0) is 28.5 Å². The van der Waals surface area contributed by atoms with E-state index in [1.54, 1.807) is 0 Å². The molecule has 1 aromatic rings. The van der Waals surface area contributed by atoms with E-state index in [1.165, 1.54) is 5.56 Å². The number of likely N-dealkylation sites (N-methyl/N-ethyl adjacent to an activating group) is 1. The van der Waals surface area contributed by atoms with Gasteiger partial charge in [-0.1, -0.05) is 19.1 Å². The molecule has 1 aliphatic rings. The molecule has 1 atom stereocenters. The number of nitrogens with one attached hydrogen (secondary N) is 1. The van der Waals surface area contributed by atoms with Gasteiger partial charge in [0.15, 0.2) is 0 Å². The standard InChI is InChI=1S/C10H12BrNO/c1-2-12-9-6-13-10-7(9)4-3-5-8(10)11/h3-5,9,12H,2,6H2,1H3. The van der Waals surface area contributed by atoms with Crippen molar-refractivity contribution in [3.8, 4) is 5.75 Å². The summed E-state index contributed by atoms with van der Waals surface area (Å²) in [5.41, 5.74) is 1.26. The van der Waals surface area contributed by atoms with Crippen molar-refractivity contribution in [2.24, 2.45) is 0 Å². The highest BCUT2D eigenvalue weighted by atomic mass is 79.9. The van der Waals surface area contributed by atoms with Crippen LogP contribution in [0, 0.1) is 0 Å². The van der Waals surface area contributed by atoms with Gasteiger partial charge in [0.2, 0.25) is 0 Å². The van der Waals surface area contributed by atoms with E-state index in [-0.39, 0.29) is 0 Å². The quantitative estimate of drug-likeness (QED) is 0.860. The molecular formula is C10H12BrNO. The first-order chi connectivity index (χ1) is 6.33. The lowest BCUT2D eigenvalue weighted by atomic mass is 10.1. The van der Waals surface area contributed by atoms with Crippen molar-refractivity contribution in [2.75, 3.05) is 13.2 Å². The first-order valence-electron chi connectivity index (χ1n) is 4.47. The topological polar surface area (TPSA) is 21.3 Å². The number of fused-ring (bicyclic) bond motifs is 1. The van der Waals surface area contributed by atoms with Crippen molar-refractivity contribution in [3.05, 3.63) is 28.2 Å². The van der Waals surface area contributed by atoms with E-state index >= 15 is 0 Å². The molecule has 2 rings (SSSR count). The Bertz CT molecular complexity index is 314. The van der Waals surface area contributed by atoms with E-state index in [9.17, 15) is 0 Å². The Hall–Kier alpha value is -0.540. The van der Waals surface area contributed by atoms with Crippen LogP contribution < -0.4 is 10.1 Å². The van der Waals surface area contributed by atoms with Gasteiger partial charge in [0.1, 0.15) is 12.4 Å². The number of halogens is 1. The molecule has 1 aromatic carbocycles.